The molecule has 26 heavy (non-hydrogen) atoms. The van der Waals surface area contributed by atoms with Gasteiger partial charge in [-0.2, -0.15) is 4.98 Å². The molecule has 0 aliphatic rings. The highest BCUT2D eigenvalue weighted by atomic mass is 79.9. The number of halogens is 1. The third kappa shape index (κ3) is 4.29. The molecule has 0 atom stereocenters. The Balaban J connectivity index is 1.37. The molecule has 2 aromatic heterocycles. The highest BCUT2D eigenvalue weighted by Crippen LogP contribution is 2.30. The molecule has 2 heterocycles. The molecule has 6 nitrogen and oxygen atoms in total. The van der Waals surface area contributed by atoms with Crippen LogP contribution in [0.4, 0.5) is 10.8 Å². The van der Waals surface area contributed by atoms with Gasteiger partial charge in [0, 0.05) is 15.7 Å². The Kier molecular flexibility index (Phi) is 5.28. The van der Waals surface area contributed by atoms with Crippen LogP contribution in [0.15, 0.2) is 67.9 Å². The summed E-state index contributed by atoms with van der Waals surface area (Å²) < 4.78 is 7.15. The summed E-state index contributed by atoms with van der Waals surface area (Å²) in [4.78, 5) is 4.42. The summed E-state index contributed by atoms with van der Waals surface area (Å²) in [6.07, 6.45) is 0. The Labute approximate surface area is 166 Å². The molecule has 1 N–H and O–H groups in total. The zero-order chi connectivity index (χ0) is 17.8. The summed E-state index contributed by atoms with van der Waals surface area (Å²) >= 11 is 6.45. The van der Waals surface area contributed by atoms with E-state index in [0.29, 0.717) is 17.5 Å². The molecule has 0 aliphatic carbocycles. The van der Waals surface area contributed by atoms with Crippen molar-refractivity contribution in [2.24, 2.45) is 0 Å². The fraction of sp³-hybridized carbons (Fsp3) is 0.0588. The van der Waals surface area contributed by atoms with Crippen molar-refractivity contribution in [3.63, 3.8) is 0 Å². The summed E-state index contributed by atoms with van der Waals surface area (Å²) in [5.41, 5.74) is 1.89. The number of hydrogen-bond donors (Lipinski definition) is 1. The summed E-state index contributed by atoms with van der Waals surface area (Å²) in [6.45, 7) is 0. The van der Waals surface area contributed by atoms with Crippen LogP contribution in [-0.4, -0.2) is 20.3 Å². The molecule has 4 aromatic rings. The second-order valence-corrected chi connectivity index (χ2v) is 8.29. The van der Waals surface area contributed by atoms with Gasteiger partial charge < -0.3 is 9.84 Å². The molecule has 0 fully saturated rings. The highest BCUT2D eigenvalue weighted by Gasteiger charge is 2.11. The number of thioether (sulfide) groups is 1. The smallest absolute Gasteiger partial charge is 0.237 e. The van der Waals surface area contributed by atoms with E-state index in [0.717, 1.165) is 25.2 Å². The average Bonchev–Trinajstić information content (AvgIpc) is 3.30. The Morgan fingerprint density at radius 2 is 1.96 bits per heavy atom. The van der Waals surface area contributed by atoms with E-state index in [2.05, 4.69) is 41.6 Å². The van der Waals surface area contributed by atoms with E-state index < -0.39 is 0 Å². The lowest BCUT2D eigenvalue weighted by atomic mass is 10.2. The van der Waals surface area contributed by atoms with E-state index in [4.69, 9.17) is 4.52 Å². The van der Waals surface area contributed by atoms with Crippen molar-refractivity contribution in [3.05, 3.63) is 65.0 Å². The van der Waals surface area contributed by atoms with E-state index in [9.17, 15) is 0 Å². The predicted octanol–water partition coefficient (Wildman–Crippen LogP) is 5.39. The van der Waals surface area contributed by atoms with Gasteiger partial charge in [0.2, 0.25) is 16.8 Å². The van der Waals surface area contributed by atoms with Crippen molar-refractivity contribution >= 4 is 49.8 Å². The van der Waals surface area contributed by atoms with Crippen LogP contribution < -0.4 is 5.32 Å². The van der Waals surface area contributed by atoms with Gasteiger partial charge in [-0.1, -0.05) is 80.6 Å². The van der Waals surface area contributed by atoms with Gasteiger partial charge in [-0.25, -0.2) is 0 Å². The maximum atomic E-state index is 5.31. The first kappa shape index (κ1) is 17.2. The van der Waals surface area contributed by atoms with Crippen molar-refractivity contribution in [1.29, 1.82) is 0 Å². The highest BCUT2D eigenvalue weighted by molar-refractivity contribution is 9.10. The number of nitrogens with one attached hydrogen (secondary N) is 1. The Bertz CT molecular complexity index is 1010. The fourth-order valence-electron chi connectivity index (χ4n) is 2.15. The fourth-order valence-corrected chi connectivity index (χ4v) is 4.16. The number of benzene rings is 2. The molecule has 130 valence electrons. The average molecular weight is 446 g/mol. The summed E-state index contributed by atoms with van der Waals surface area (Å²) in [5, 5.41) is 16.3. The van der Waals surface area contributed by atoms with Crippen LogP contribution in [0.25, 0.3) is 11.4 Å². The molecule has 0 unspecified atom stereocenters. The molecule has 0 amide bonds. The maximum Gasteiger partial charge on any atom is 0.237 e. The summed E-state index contributed by atoms with van der Waals surface area (Å²) in [5.74, 6) is 1.70. The lowest BCUT2D eigenvalue weighted by Crippen LogP contribution is -1.88. The molecule has 4 rings (SSSR count). The van der Waals surface area contributed by atoms with E-state index in [1.54, 1.807) is 0 Å². The number of hydrogen-bond acceptors (Lipinski definition) is 8. The molecule has 0 saturated heterocycles. The van der Waals surface area contributed by atoms with Crippen LogP contribution in [0.3, 0.4) is 0 Å². The molecule has 9 heteroatoms. The summed E-state index contributed by atoms with van der Waals surface area (Å²) in [7, 11) is 0. The Morgan fingerprint density at radius 3 is 2.81 bits per heavy atom. The van der Waals surface area contributed by atoms with Gasteiger partial charge in [-0.15, -0.1) is 10.2 Å². The summed E-state index contributed by atoms with van der Waals surface area (Å²) in [6, 6.07) is 17.6. The van der Waals surface area contributed by atoms with Gasteiger partial charge in [0.05, 0.1) is 5.75 Å². The van der Waals surface area contributed by atoms with Crippen LogP contribution in [0.1, 0.15) is 5.89 Å². The zero-order valence-electron chi connectivity index (χ0n) is 13.3. The van der Waals surface area contributed by atoms with Crippen LogP contribution in [0, 0.1) is 0 Å². The molecule has 0 bridgehead atoms. The van der Waals surface area contributed by atoms with Crippen LogP contribution in [-0.2, 0) is 5.75 Å². The molecular formula is C17H12BrN5OS2. The third-order valence-electron chi connectivity index (χ3n) is 3.30. The SMILES string of the molecule is Brc1cccc(Nc2nnc(SCc3nc(-c4ccccc4)no3)s2)c1. The standard InChI is InChI=1S/C17H12BrN5OS2/c18-12-7-4-8-13(9-12)19-16-21-22-17(26-16)25-10-14-20-15(23-24-14)11-5-2-1-3-6-11/h1-9H,10H2,(H,19,21). The van der Waals surface area contributed by atoms with E-state index >= 15 is 0 Å². The Hall–Kier alpha value is -2.23. The van der Waals surface area contributed by atoms with Crippen molar-refractivity contribution in [3.8, 4) is 11.4 Å². The van der Waals surface area contributed by atoms with Crippen molar-refractivity contribution in [2.75, 3.05) is 5.32 Å². The molecule has 2 aromatic carbocycles. The number of anilines is 2. The minimum atomic E-state index is 0.547. The largest absolute Gasteiger partial charge is 0.338 e. The topological polar surface area (TPSA) is 76.7 Å². The second kappa shape index (κ2) is 7.98. The molecule has 0 radical (unpaired) electrons. The van der Waals surface area contributed by atoms with E-state index in [1.165, 1.54) is 23.1 Å². The van der Waals surface area contributed by atoms with Gasteiger partial charge >= 0.3 is 0 Å². The lowest BCUT2D eigenvalue weighted by Gasteiger charge is -2.01. The first-order valence-electron chi connectivity index (χ1n) is 7.63. The molecule has 0 spiro atoms. The quantitative estimate of drug-likeness (QED) is 0.398. The Morgan fingerprint density at radius 1 is 1.08 bits per heavy atom. The van der Waals surface area contributed by atoms with E-state index in [1.807, 2.05) is 54.6 Å². The van der Waals surface area contributed by atoms with Gasteiger partial charge in [0.1, 0.15) is 0 Å². The van der Waals surface area contributed by atoms with Gasteiger partial charge in [-0.05, 0) is 18.2 Å². The van der Waals surface area contributed by atoms with Crippen LogP contribution in [0.2, 0.25) is 0 Å². The third-order valence-corrected chi connectivity index (χ3v) is 5.75. The molecular weight excluding hydrogens is 434 g/mol. The number of nitrogens with zero attached hydrogens (tertiary/aromatic N) is 4. The normalized spacial score (nSPS) is 10.8. The van der Waals surface area contributed by atoms with Crippen molar-refractivity contribution in [2.45, 2.75) is 10.1 Å². The molecule has 0 saturated carbocycles. The van der Waals surface area contributed by atoms with Gasteiger partial charge in [-0.3, -0.25) is 0 Å². The minimum Gasteiger partial charge on any atom is -0.338 e. The van der Waals surface area contributed by atoms with Crippen LogP contribution >= 0.6 is 39.0 Å². The van der Waals surface area contributed by atoms with E-state index in [-0.39, 0.29) is 0 Å². The maximum absolute atomic E-state index is 5.31. The lowest BCUT2D eigenvalue weighted by molar-refractivity contribution is 0.391. The van der Waals surface area contributed by atoms with Crippen molar-refractivity contribution < 1.29 is 4.52 Å². The van der Waals surface area contributed by atoms with Crippen LogP contribution in [0.5, 0.6) is 0 Å². The second-order valence-electron chi connectivity index (χ2n) is 5.17. The molecule has 0 aliphatic heterocycles. The van der Waals surface area contributed by atoms with Crippen molar-refractivity contribution in [1.82, 2.24) is 20.3 Å². The first-order chi connectivity index (χ1) is 12.8. The van der Waals surface area contributed by atoms with Gasteiger partial charge in [0.15, 0.2) is 4.34 Å². The number of aromatic nitrogens is 4. The minimum absolute atomic E-state index is 0.547. The first-order valence-corrected chi connectivity index (χ1v) is 10.2. The van der Waals surface area contributed by atoms with Gasteiger partial charge in [0.25, 0.3) is 0 Å². The monoisotopic (exact) mass is 445 g/mol. The zero-order valence-corrected chi connectivity index (χ0v) is 16.5. The number of rotatable bonds is 6. The predicted molar refractivity (Wildman–Crippen MR) is 107 cm³/mol.